The van der Waals surface area contributed by atoms with E-state index in [4.69, 9.17) is 9.47 Å². The van der Waals surface area contributed by atoms with Crippen molar-refractivity contribution in [1.29, 1.82) is 0 Å². The number of ether oxygens (including phenoxy) is 2. The summed E-state index contributed by atoms with van der Waals surface area (Å²) >= 11 is 3.37. The van der Waals surface area contributed by atoms with E-state index in [1.807, 2.05) is 36.4 Å². The van der Waals surface area contributed by atoms with Gasteiger partial charge in [0.1, 0.15) is 5.70 Å². The predicted molar refractivity (Wildman–Crippen MR) is 120 cm³/mol. The van der Waals surface area contributed by atoms with E-state index in [1.54, 1.807) is 42.5 Å². The van der Waals surface area contributed by atoms with E-state index >= 15 is 0 Å². The first-order valence-corrected chi connectivity index (χ1v) is 10.4. The molecule has 1 heterocycles. The van der Waals surface area contributed by atoms with E-state index in [0.29, 0.717) is 33.6 Å². The van der Waals surface area contributed by atoms with Crippen LogP contribution in [0.3, 0.4) is 0 Å². The minimum atomic E-state index is -0.401. The second kappa shape index (κ2) is 9.49. The number of carbonyl (C=O) groups is 2. The van der Waals surface area contributed by atoms with Crippen LogP contribution in [0.5, 0.6) is 11.5 Å². The average molecular weight is 479 g/mol. The molecule has 1 aliphatic rings. The number of fused-ring (bicyclic) bond motifs is 1. The molecule has 4 rings (SSSR count). The molecule has 156 valence electrons. The van der Waals surface area contributed by atoms with Crippen molar-refractivity contribution in [2.75, 3.05) is 6.79 Å². The molecular weight excluding hydrogens is 460 g/mol. The van der Waals surface area contributed by atoms with Crippen LogP contribution in [0.25, 0.3) is 6.08 Å². The Morgan fingerprint density at radius 3 is 2.48 bits per heavy atom. The van der Waals surface area contributed by atoms with Crippen LogP contribution in [0, 0.1) is 0 Å². The van der Waals surface area contributed by atoms with E-state index in [0.717, 1.165) is 5.56 Å². The number of benzene rings is 3. The predicted octanol–water partition coefficient (Wildman–Crippen LogP) is 4.27. The fourth-order valence-electron chi connectivity index (χ4n) is 3.04. The highest BCUT2D eigenvalue weighted by molar-refractivity contribution is 9.10. The highest BCUT2D eigenvalue weighted by atomic mass is 79.9. The number of rotatable bonds is 6. The van der Waals surface area contributed by atoms with E-state index < -0.39 is 11.8 Å². The highest BCUT2D eigenvalue weighted by Gasteiger charge is 2.18. The van der Waals surface area contributed by atoms with Crippen LogP contribution in [0.2, 0.25) is 0 Å². The van der Waals surface area contributed by atoms with Crippen LogP contribution in [0.1, 0.15) is 21.5 Å². The molecule has 0 bridgehead atoms. The molecule has 0 saturated carbocycles. The first kappa shape index (κ1) is 20.7. The summed E-state index contributed by atoms with van der Waals surface area (Å²) in [6.07, 6.45) is 1.61. The van der Waals surface area contributed by atoms with Crippen molar-refractivity contribution in [3.05, 3.63) is 99.7 Å². The summed E-state index contributed by atoms with van der Waals surface area (Å²) in [6, 6.07) is 21.9. The van der Waals surface area contributed by atoms with Crippen LogP contribution < -0.4 is 20.1 Å². The van der Waals surface area contributed by atoms with Gasteiger partial charge in [-0.25, -0.2) is 0 Å². The summed E-state index contributed by atoms with van der Waals surface area (Å²) in [6.45, 7) is 0.495. The zero-order valence-electron chi connectivity index (χ0n) is 16.4. The number of nitrogens with one attached hydrogen (secondary N) is 2. The molecule has 7 heteroatoms. The fourth-order valence-corrected chi connectivity index (χ4v) is 3.50. The number of halogens is 1. The lowest BCUT2D eigenvalue weighted by Gasteiger charge is -2.12. The molecule has 2 N–H and O–H groups in total. The Hall–Kier alpha value is -3.58. The smallest absolute Gasteiger partial charge is 0.268 e. The molecule has 0 aliphatic carbocycles. The quantitative estimate of drug-likeness (QED) is 0.518. The lowest BCUT2D eigenvalue weighted by Crippen LogP contribution is -2.34. The highest BCUT2D eigenvalue weighted by Crippen LogP contribution is 2.33. The maximum atomic E-state index is 12.9. The second-order valence-electron chi connectivity index (χ2n) is 6.77. The zero-order chi connectivity index (χ0) is 21.6. The average Bonchev–Trinajstić information content (AvgIpc) is 3.26. The maximum Gasteiger partial charge on any atom is 0.268 e. The molecule has 31 heavy (non-hydrogen) atoms. The largest absolute Gasteiger partial charge is 0.454 e. The Morgan fingerprint density at radius 1 is 0.935 bits per heavy atom. The third-order valence-corrected chi connectivity index (χ3v) is 5.31. The molecule has 0 atom stereocenters. The van der Waals surface area contributed by atoms with Crippen molar-refractivity contribution in [3.63, 3.8) is 0 Å². The third kappa shape index (κ3) is 5.13. The molecule has 2 amide bonds. The molecule has 6 nitrogen and oxygen atoms in total. The van der Waals surface area contributed by atoms with Crippen molar-refractivity contribution >= 4 is 33.8 Å². The SMILES string of the molecule is O=C(NCc1ccccc1)C(=Cc1ccc2c(c1)OCO2)NC(=O)c1ccccc1Br. The lowest BCUT2D eigenvalue weighted by molar-refractivity contribution is -0.117. The Labute approximate surface area is 188 Å². The number of carbonyl (C=O) groups excluding carboxylic acids is 2. The maximum absolute atomic E-state index is 12.9. The van der Waals surface area contributed by atoms with E-state index in [1.165, 1.54) is 0 Å². The Morgan fingerprint density at radius 2 is 1.68 bits per heavy atom. The van der Waals surface area contributed by atoms with Crippen molar-refractivity contribution in [1.82, 2.24) is 10.6 Å². The summed E-state index contributed by atoms with van der Waals surface area (Å²) in [5, 5.41) is 5.59. The molecular formula is C24H19BrN2O4. The molecule has 3 aromatic rings. The van der Waals surface area contributed by atoms with Crippen LogP contribution in [0.4, 0.5) is 0 Å². The van der Waals surface area contributed by atoms with Gasteiger partial charge in [-0.05, 0) is 57.4 Å². The molecule has 0 unspecified atom stereocenters. The van der Waals surface area contributed by atoms with Gasteiger partial charge >= 0.3 is 0 Å². The van der Waals surface area contributed by atoms with Crippen LogP contribution in [-0.2, 0) is 11.3 Å². The Kier molecular flexibility index (Phi) is 6.33. The minimum Gasteiger partial charge on any atom is -0.454 e. The van der Waals surface area contributed by atoms with E-state index in [2.05, 4.69) is 26.6 Å². The molecule has 0 saturated heterocycles. The van der Waals surface area contributed by atoms with E-state index in [9.17, 15) is 9.59 Å². The standard InChI is InChI=1S/C24H19BrN2O4/c25-19-9-5-4-8-18(19)23(28)27-20(24(29)26-14-16-6-2-1-3-7-16)12-17-10-11-21-22(13-17)31-15-30-21/h1-13H,14-15H2,(H,26,29)(H,27,28). The van der Waals surface area contributed by atoms with Crippen LogP contribution in [-0.4, -0.2) is 18.6 Å². The zero-order valence-corrected chi connectivity index (χ0v) is 18.0. The normalized spacial score (nSPS) is 12.4. The van der Waals surface area contributed by atoms with Crippen LogP contribution in [0.15, 0.2) is 83.0 Å². The van der Waals surface area contributed by atoms with Gasteiger partial charge in [0.05, 0.1) is 5.56 Å². The lowest BCUT2D eigenvalue weighted by atomic mass is 10.1. The van der Waals surface area contributed by atoms with Crippen molar-refractivity contribution < 1.29 is 19.1 Å². The molecule has 0 fully saturated rings. The molecule has 3 aromatic carbocycles. The number of amides is 2. The van der Waals surface area contributed by atoms with Gasteiger partial charge in [0.2, 0.25) is 6.79 Å². The Balaban J connectivity index is 1.59. The van der Waals surface area contributed by atoms with E-state index in [-0.39, 0.29) is 12.5 Å². The van der Waals surface area contributed by atoms with Gasteiger partial charge < -0.3 is 20.1 Å². The summed E-state index contributed by atoms with van der Waals surface area (Å²) in [4.78, 5) is 25.8. The first-order valence-electron chi connectivity index (χ1n) is 9.59. The monoisotopic (exact) mass is 478 g/mol. The molecule has 0 spiro atoms. The minimum absolute atomic E-state index is 0.121. The molecule has 0 radical (unpaired) electrons. The molecule has 1 aliphatic heterocycles. The molecule has 0 aromatic heterocycles. The second-order valence-corrected chi connectivity index (χ2v) is 7.63. The summed E-state index contributed by atoms with van der Waals surface area (Å²) in [5.74, 6) is 0.440. The van der Waals surface area contributed by atoms with Crippen molar-refractivity contribution in [2.45, 2.75) is 6.54 Å². The Bertz CT molecular complexity index is 1150. The van der Waals surface area contributed by atoms with Crippen molar-refractivity contribution in [2.24, 2.45) is 0 Å². The van der Waals surface area contributed by atoms with Gasteiger partial charge in [0, 0.05) is 11.0 Å². The van der Waals surface area contributed by atoms with Gasteiger partial charge in [-0.1, -0.05) is 48.5 Å². The van der Waals surface area contributed by atoms with Gasteiger partial charge in [0.25, 0.3) is 11.8 Å². The topological polar surface area (TPSA) is 76.7 Å². The fraction of sp³-hybridized carbons (Fsp3) is 0.0833. The number of hydrogen-bond acceptors (Lipinski definition) is 4. The summed E-state index contributed by atoms with van der Waals surface area (Å²) in [7, 11) is 0. The summed E-state index contributed by atoms with van der Waals surface area (Å²) in [5.41, 5.74) is 2.20. The van der Waals surface area contributed by atoms with Gasteiger partial charge in [-0.3, -0.25) is 9.59 Å². The summed E-state index contributed by atoms with van der Waals surface area (Å²) < 4.78 is 11.4. The van der Waals surface area contributed by atoms with Crippen LogP contribution >= 0.6 is 15.9 Å². The van der Waals surface area contributed by atoms with Gasteiger partial charge in [-0.2, -0.15) is 0 Å². The third-order valence-electron chi connectivity index (χ3n) is 4.61. The van der Waals surface area contributed by atoms with Gasteiger partial charge in [-0.15, -0.1) is 0 Å². The van der Waals surface area contributed by atoms with Gasteiger partial charge in [0.15, 0.2) is 11.5 Å². The number of hydrogen-bond donors (Lipinski definition) is 2. The van der Waals surface area contributed by atoms with Crippen molar-refractivity contribution in [3.8, 4) is 11.5 Å². The first-order chi connectivity index (χ1) is 15.1.